The molecule has 3 rings (SSSR count). The highest BCUT2D eigenvalue weighted by Gasteiger charge is 2.20. The predicted octanol–water partition coefficient (Wildman–Crippen LogP) is 4.55. The van der Waals surface area contributed by atoms with Gasteiger partial charge in [-0.1, -0.05) is 25.1 Å². The van der Waals surface area contributed by atoms with Gasteiger partial charge in [0.25, 0.3) is 5.91 Å². The van der Waals surface area contributed by atoms with Crippen LogP contribution in [-0.4, -0.2) is 16.8 Å². The molecule has 2 N–H and O–H groups in total. The number of carbonyl (C=O) groups is 2. The number of rotatable bonds is 6. The summed E-state index contributed by atoms with van der Waals surface area (Å²) in [5.74, 6) is 0.624. The van der Waals surface area contributed by atoms with Crippen molar-refractivity contribution in [1.29, 1.82) is 0 Å². The lowest BCUT2D eigenvalue weighted by Crippen LogP contribution is -2.27. The first kappa shape index (κ1) is 18.8. The molecule has 0 aliphatic heterocycles. The summed E-state index contributed by atoms with van der Waals surface area (Å²) < 4.78 is 5.63. The van der Waals surface area contributed by atoms with Crippen LogP contribution in [0.3, 0.4) is 0 Å². The molecule has 2 heterocycles. The summed E-state index contributed by atoms with van der Waals surface area (Å²) in [6, 6.07) is 11.0. The molecule has 3 aromatic rings. The predicted molar refractivity (Wildman–Crippen MR) is 106 cm³/mol. The third-order valence-electron chi connectivity index (χ3n) is 4.11. The van der Waals surface area contributed by atoms with Gasteiger partial charge in [-0.25, -0.2) is 4.98 Å². The number of aryl methyl sites for hydroxylation is 1. The minimum atomic E-state index is -0.282. The summed E-state index contributed by atoms with van der Waals surface area (Å²) in [6.45, 7) is 5.43. The summed E-state index contributed by atoms with van der Waals surface area (Å²) in [7, 11) is 0. The Balaban J connectivity index is 1.68. The van der Waals surface area contributed by atoms with Gasteiger partial charge in [-0.05, 0) is 43.0 Å². The van der Waals surface area contributed by atoms with Crippen molar-refractivity contribution in [2.24, 2.45) is 0 Å². The van der Waals surface area contributed by atoms with Gasteiger partial charge in [-0.3, -0.25) is 9.59 Å². The average molecular weight is 383 g/mol. The monoisotopic (exact) mass is 383 g/mol. The summed E-state index contributed by atoms with van der Waals surface area (Å²) in [5, 5.41) is 7.67. The number of benzene rings is 1. The summed E-state index contributed by atoms with van der Waals surface area (Å²) in [6.07, 6.45) is 0.429. The van der Waals surface area contributed by atoms with Gasteiger partial charge in [0.05, 0.1) is 10.9 Å². The maximum absolute atomic E-state index is 12.6. The molecule has 7 heteroatoms. The van der Waals surface area contributed by atoms with E-state index in [4.69, 9.17) is 4.42 Å². The van der Waals surface area contributed by atoms with Gasteiger partial charge in [0.15, 0.2) is 5.69 Å². The fourth-order valence-corrected chi connectivity index (χ4v) is 3.21. The molecule has 1 unspecified atom stereocenters. The third kappa shape index (κ3) is 4.43. The van der Waals surface area contributed by atoms with Gasteiger partial charge in [0.2, 0.25) is 11.8 Å². The molecular weight excluding hydrogens is 362 g/mol. The van der Waals surface area contributed by atoms with E-state index in [0.29, 0.717) is 18.1 Å². The molecule has 2 aromatic heterocycles. The largest absolute Gasteiger partial charge is 0.440 e. The smallest absolute Gasteiger partial charge is 0.274 e. The van der Waals surface area contributed by atoms with Crippen LogP contribution in [0.25, 0.3) is 10.8 Å². The number of hydrogen-bond donors (Lipinski definition) is 2. The summed E-state index contributed by atoms with van der Waals surface area (Å²) >= 11 is 1.51. The van der Waals surface area contributed by atoms with Crippen LogP contribution in [0, 0.1) is 6.92 Å². The number of hydrogen-bond acceptors (Lipinski definition) is 5. The van der Waals surface area contributed by atoms with Gasteiger partial charge >= 0.3 is 0 Å². The number of amides is 2. The van der Waals surface area contributed by atoms with Gasteiger partial charge in [0, 0.05) is 12.1 Å². The van der Waals surface area contributed by atoms with Gasteiger partial charge in [-0.15, -0.1) is 11.3 Å². The van der Waals surface area contributed by atoms with Crippen LogP contribution in [0.1, 0.15) is 48.1 Å². The number of carbonyl (C=O) groups excluding carboxylic acids is 2. The number of thiophene rings is 1. The highest BCUT2D eigenvalue weighted by Crippen LogP contribution is 2.26. The van der Waals surface area contributed by atoms with E-state index >= 15 is 0 Å². The van der Waals surface area contributed by atoms with E-state index in [2.05, 4.69) is 15.6 Å². The fraction of sp³-hybridized carbons (Fsp3) is 0.250. The van der Waals surface area contributed by atoms with Crippen LogP contribution in [0.5, 0.6) is 0 Å². The zero-order valence-corrected chi connectivity index (χ0v) is 16.2. The van der Waals surface area contributed by atoms with Crippen molar-refractivity contribution in [3.63, 3.8) is 0 Å². The minimum Gasteiger partial charge on any atom is -0.440 e. The van der Waals surface area contributed by atoms with Crippen LogP contribution in [-0.2, 0) is 4.79 Å². The van der Waals surface area contributed by atoms with Crippen LogP contribution in [0.15, 0.2) is 46.2 Å². The topological polar surface area (TPSA) is 84.2 Å². The lowest BCUT2D eigenvalue weighted by atomic mass is 10.1. The second-order valence-electron chi connectivity index (χ2n) is 6.12. The van der Waals surface area contributed by atoms with Gasteiger partial charge < -0.3 is 15.1 Å². The van der Waals surface area contributed by atoms with E-state index in [1.807, 2.05) is 48.7 Å². The van der Waals surface area contributed by atoms with Crippen molar-refractivity contribution in [2.45, 2.75) is 33.2 Å². The zero-order valence-electron chi connectivity index (χ0n) is 15.4. The first-order valence-corrected chi connectivity index (χ1v) is 9.58. The lowest BCUT2D eigenvalue weighted by Gasteiger charge is -2.14. The normalized spacial score (nSPS) is 11.8. The minimum absolute atomic E-state index is 0.0350. The van der Waals surface area contributed by atoms with Gasteiger partial charge in [-0.2, -0.15) is 0 Å². The molecular formula is C20H21N3O3S. The van der Waals surface area contributed by atoms with E-state index in [1.54, 1.807) is 13.8 Å². The first-order valence-electron chi connectivity index (χ1n) is 8.70. The molecule has 0 fully saturated rings. The molecule has 0 saturated heterocycles. The molecule has 2 amide bonds. The zero-order chi connectivity index (χ0) is 19.4. The molecule has 0 aliphatic carbocycles. The Kier molecular flexibility index (Phi) is 5.71. The number of oxazole rings is 1. The molecule has 1 atom stereocenters. The SMILES string of the molecule is CCC(=O)Nc1ccc(C(C)NC(=O)c2nc(-c3cccs3)oc2C)cc1. The van der Waals surface area contributed by atoms with Crippen molar-refractivity contribution in [3.8, 4) is 10.8 Å². The average Bonchev–Trinajstić information content (AvgIpc) is 3.31. The molecule has 1 aromatic carbocycles. The molecule has 0 radical (unpaired) electrons. The van der Waals surface area contributed by atoms with Crippen LogP contribution >= 0.6 is 11.3 Å². The lowest BCUT2D eigenvalue weighted by molar-refractivity contribution is -0.115. The first-order chi connectivity index (χ1) is 13.0. The summed E-state index contributed by atoms with van der Waals surface area (Å²) in [5.41, 5.74) is 1.95. The Morgan fingerprint density at radius 2 is 1.96 bits per heavy atom. The van der Waals surface area contributed by atoms with E-state index in [0.717, 1.165) is 16.1 Å². The quantitative estimate of drug-likeness (QED) is 0.654. The molecule has 0 spiro atoms. The second kappa shape index (κ2) is 8.18. The number of nitrogens with one attached hydrogen (secondary N) is 2. The van der Waals surface area contributed by atoms with Crippen molar-refractivity contribution in [1.82, 2.24) is 10.3 Å². The molecule has 6 nitrogen and oxygen atoms in total. The Bertz CT molecular complexity index is 930. The van der Waals surface area contributed by atoms with Crippen molar-refractivity contribution < 1.29 is 14.0 Å². The number of aromatic nitrogens is 1. The van der Waals surface area contributed by atoms with Crippen LogP contribution in [0.4, 0.5) is 5.69 Å². The van der Waals surface area contributed by atoms with Crippen LogP contribution in [0.2, 0.25) is 0 Å². The van der Waals surface area contributed by atoms with Gasteiger partial charge in [0.1, 0.15) is 5.76 Å². The van der Waals surface area contributed by atoms with Crippen molar-refractivity contribution in [2.75, 3.05) is 5.32 Å². The molecule has 0 saturated carbocycles. The molecule has 0 bridgehead atoms. The second-order valence-corrected chi connectivity index (χ2v) is 7.07. The molecule has 140 valence electrons. The number of anilines is 1. The summed E-state index contributed by atoms with van der Waals surface area (Å²) in [4.78, 5) is 29.3. The van der Waals surface area contributed by atoms with E-state index in [9.17, 15) is 9.59 Å². The Hall–Kier alpha value is -2.93. The highest BCUT2D eigenvalue weighted by molar-refractivity contribution is 7.13. The maximum atomic E-state index is 12.6. The van der Waals surface area contributed by atoms with E-state index in [1.165, 1.54) is 11.3 Å². The molecule has 27 heavy (non-hydrogen) atoms. The Labute approximate surface area is 161 Å². The van der Waals surface area contributed by atoms with E-state index < -0.39 is 0 Å². The van der Waals surface area contributed by atoms with Crippen LogP contribution < -0.4 is 10.6 Å². The molecule has 0 aliphatic rings. The standard InChI is InChI=1S/C20H21N3O3S/c1-4-17(24)22-15-9-7-14(8-10-15)12(2)21-19(25)18-13(3)26-20(23-18)16-6-5-11-27-16/h5-12H,4H2,1-3H3,(H,21,25)(H,22,24). The fourth-order valence-electron chi connectivity index (χ4n) is 2.57. The van der Waals surface area contributed by atoms with Crippen molar-refractivity contribution >= 4 is 28.8 Å². The number of nitrogens with zero attached hydrogens (tertiary/aromatic N) is 1. The van der Waals surface area contributed by atoms with Crippen molar-refractivity contribution in [3.05, 3.63) is 58.8 Å². The third-order valence-corrected chi connectivity index (χ3v) is 4.96. The highest BCUT2D eigenvalue weighted by atomic mass is 32.1. The maximum Gasteiger partial charge on any atom is 0.274 e. The Morgan fingerprint density at radius 1 is 1.22 bits per heavy atom. The Morgan fingerprint density at radius 3 is 2.59 bits per heavy atom. The van der Waals surface area contributed by atoms with E-state index in [-0.39, 0.29) is 23.6 Å².